The zero-order chi connectivity index (χ0) is 11.8. The topological polar surface area (TPSA) is 97.5 Å². The zero-order valence-electron chi connectivity index (χ0n) is 8.22. The molecule has 3 N–H and O–H groups in total. The second kappa shape index (κ2) is 3.92. The summed E-state index contributed by atoms with van der Waals surface area (Å²) in [6.45, 7) is 3.59. The average Bonchev–Trinajstić information content (AvgIpc) is 2.45. The number of carboxylic acid groups (broad SMARTS) is 1. The summed E-state index contributed by atoms with van der Waals surface area (Å²) in [5.41, 5.74) is 0.497. The van der Waals surface area contributed by atoms with Crippen LogP contribution in [0, 0.1) is 0 Å². The van der Waals surface area contributed by atoms with Crippen molar-refractivity contribution in [1.29, 1.82) is 0 Å². The SMILES string of the molecule is CC(C)c1cc(S(N)(=O)=O)sc1C(=O)O. The monoisotopic (exact) mass is 249 g/mol. The van der Waals surface area contributed by atoms with Crippen LogP contribution in [0.4, 0.5) is 0 Å². The molecule has 0 aliphatic rings. The molecular weight excluding hydrogens is 238 g/mol. The van der Waals surface area contributed by atoms with Gasteiger partial charge in [0.05, 0.1) is 0 Å². The van der Waals surface area contributed by atoms with Gasteiger partial charge in [0.15, 0.2) is 0 Å². The molecule has 84 valence electrons. The van der Waals surface area contributed by atoms with Crippen molar-refractivity contribution < 1.29 is 18.3 Å². The van der Waals surface area contributed by atoms with Gasteiger partial charge < -0.3 is 5.11 Å². The van der Waals surface area contributed by atoms with E-state index < -0.39 is 16.0 Å². The molecular formula is C8H11NO4S2. The molecule has 0 saturated heterocycles. The van der Waals surface area contributed by atoms with E-state index >= 15 is 0 Å². The third-order valence-corrected chi connectivity index (χ3v) is 4.39. The first-order valence-corrected chi connectivity index (χ1v) is 6.49. The zero-order valence-corrected chi connectivity index (χ0v) is 9.85. The Morgan fingerprint density at radius 2 is 2.07 bits per heavy atom. The summed E-state index contributed by atoms with van der Waals surface area (Å²) in [7, 11) is -3.82. The van der Waals surface area contributed by atoms with Crippen LogP contribution >= 0.6 is 11.3 Å². The highest BCUT2D eigenvalue weighted by molar-refractivity contribution is 7.91. The van der Waals surface area contributed by atoms with E-state index in [1.807, 2.05) is 0 Å². The minimum absolute atomic E-state index is 0.0361. The molecule has 5 nitrogen and oxygen atoms in total. The fourth-order valence-electron chi connectivity index (χ4n) is 1.12. The Labute approximate surface area is 91.6 Å². The molecule has 0 amide bonds. The van der Waals surface area contributed by atoms with Crippen molar-refractivity contribution >= 4 is 27.3 Å². The van der Waals surface area contributed by atoms with Gasteiger partial charge in [-0.25, -0.2) is 18.4 Å². The summed E-state index contributed by atoms with van der Waals surface area (Å²) in [5, 5.41) is 13.8. The Bertz CT molecular complexity index is 487. The van der Waals surface area contributed by atoms with E-state index in [2.05, 4.69) is 0 Å². The first kappa shape index (κ1) is 12.2. The molecule has 0 aliphatic carbocycles. The van der Waals surface area contributed by atoms with Crippen molar-refractivity contribution in [1.82, 2.24) is 0 Å². The van der Waals surface area contributed by atoms with E-state index in [1.165, 1.54) is 6.07 Å². The molecule has 0 bridgehead atoms. The number of carbonyl (C=O) groups is 1. The van der Waals surface area contributed by atoms with E-state index in [0.29, 0.717) is 16.9 Å². The van der Waals surface area contributed by atoms with Crippen LogP contribution < -0.4 is 5.14 Å². The number of aromatic carboxylic acids is 1. The highest BCUT2D eigenvalue weighted by Crippen LogP contribution is 2.30. The Hall–Kier alpha value is -0.920. The van der Waals surface area contributed by atoms with E-state index in [9.17, 15) is 13.2 Å². The second-order valence-corrected chi connectivity index (χ2v) is 6.20. The van der Waals surface area contributed by atoms with Gasteiger partial charge in [-0.15, -0.1) is 11.3 Å². The Morgan fingerprint density at radius 3 is 2.33 bits per heavy atom. The van der Waals surface area contributed by atoms with Crippen LogP contribution in [0.3, 0.4) is 0 Å². The standard InChI is InChI=1S/C8H11NO4S2/c1-4(2)5-3-6(15(9,12)13)14-7(5)8(10)11/h3-4H,1-2H3,(H,10,11)(H2,9,12,13). The molecule has 0 aromatic carbocycles. The molecule has 1 aromatic rings. The highest BCUT2D eigenvalue weighted by atomic mass is 32.2. The molecule has 0 spiro atoms. The maximum Gasteiger partial charge on any atom is 0.346 e. The lowest BCUT2D eigenvalue weighted by molar-refractivity contribution is 0.0700. The molecule has 0 aliphatic heterocycles. The Kier molecular flexibility index (Phi) is 3.17. The van der Waals surface area contributed by atoms with E-state index in [1.54, 1.807) is 13.8 Å². The summed E-state index contributed by atoms with van der Waals surface area (Å²) in [6.07, 6.45) is 0. The van der Waals surface area contributed by atoms with E-state index in [4.69, 9.17) is 10.2 Å². The minimum atomic E-state index is -3.82. The van der Waals surface area contributed by atoms with Gasteiger partial charge in [-0.1, -0.05) is 13.8 Å². The number of thiophene rings is 1. The fraction of sp³-hybridized carbons (Fsp3) is 0.375. The van der Waals surface area contributed by atoms with Crippen molar-refractivity contribution in [2.75, 3.05) is 0 Å². The lowest BCUT2D eigenvalue weighted by Gasteiger charge is -2.01. The van der Waals surface area contributed by atoms with Crippen LogP contribution in [-0.4, -0.2) is 19.5 Å². The Morgan fingerprint density at radius 1 is 1.53 bits per heavy atom. The van der Waals surface area contributed by atoms with Gasteiger partial charge in [0.25, 0.3) is 0 Å². The molecule has 0 atom stereocenters. The number of sulfonamides is 1. The van der Waals surface area contributed by atoms with Crippen LogP contribution in [0.1, 0.15) is 35.0 Å². The molecule has 0 fully saturated rings. The third-order valence-electron chi connectivity index (χ3n) is 1.83. The van der Waals surface area contributed by atoms with Gasteiger partial charge >= 0.3 is 5.97 Å². The van der Waals surface area contributed by atoms with Crippen LogP contribution in [0.5, 0.6) is 0 Å². The highest BCUT2D eigenvalue weighted by Gasteiger charge is 2.22. The van der Waals surface area contributed by atoms with Crippen molar-refractivity contribution in [3.05, 3.63) is 16.5 Å². The molecule has 7 heteroatoms. The summed E-state index contributed by atoms with van der Waals surface area (Å²) < 4.78 is 22.0. The van der Waals surface area contributed by atoms with Gasteiger partial charge in [-0.3, -0.25) is 0 Å². The van der Waals surface area contributed by atoms with Crippen LogP contribution in [0.15, 0.2) is 10.3 Å². The average molecular weight is 249 g/mol. The molecule has 1 rings (SSSR count). The molecule has 0 radical (unpaired) electrons. The van der Waals surface area contributed by atoms with Gasteiger partial charge in [0, 0.05) is 0 Å². The van der Waals surface area contributed by atoms with Gasteiger partial charge in [0.2, 0.25) is 10.0 Å². The molecule has 1 aromatic heterocycles. The number of carboxylic acids is 1. The van der Waals surface area contributed by atoms with Gasteiger partial charge in [0.1, 0.15) is 9.09 Å². The van der Waals surface area contributed by atoms with Crippen molar-refractivity contribution in [2.24, 2.45) is 5.14 Å². The first-order chi connectivity index (χ1) is 6.73. The van der Waals surface area contributed by atoms with Crippen LogP contribution in [-0.2, 0) is 10.0 Å². The summed E-state index contributed by atoms with van der Waals surface area (Å²) >= 11 is 0.690. The Balaban J connectivity index is 3.41. The van der Waals surface area contributed by atoms with E-state index in [-0.39, 0.29) is 15.0 Å². The molecule has 15 heavy (non-hydrogen) atoms. The van der Waals surface area contributed by atoms with Gasteiger partial charge in [-0.2, -0.15) is 0 Å². The normalized spacial score (nSPS) is 12.0. The number of hydrogen-bond acceptors (Lipinski definition) is 4. The quantitative estimate of drug-likeness (QED) is 0.841. The maximum absolute atomic E-state index is 11.0. The fourth-order valence-corrected chi connectivity index (χ4v) is 3.01. The molecule has 0 unspecified atom stereocenters. The third kappa shape index (κ3) is 2.55. The molecule has 0 saturated carbocycles. The van der Waals surface area contributed by atoms with E-state index in [0.717, 1.165) is 0 Å². The van der Waals surface area contributed by atoms with Crippen molar-refractivity contribution in [3.8, 4) is 0 Å². The predicted molar refractivity (Wildman–Crippen MR) is 56.7 cm³/mol. The number of rotatable bonds is 3. The smallest absolute Gasteiger partial charge is 0.346 e. The lowest BCUT2D eigenvalue weighted by Crippen LogP contribution is -2.10. The summed E-state index contributed by atoms with van der Waals surface area (Å²) in [6, 6.07) is 1.33. The maximum atomic E-state index is 11.0. The van der Waals surface area contributed by atoms with Crippen LogP contribution in [0.2, 0.25) is 0 Å². The first-order valence-electron chi connectivity index (χ1n) is 4.13. The minimum Gasteiger partial charge on any atom is -0.477 e. The van der Waals surface area contributed by atoms with Crippen molar-refractivity contribution in [3.63, 3.8) is 0 Å². The lowest BCUT2D eigenvalue weighted by atomic mass is 10.1. The predicted octanol–water partition coefficient (Wildman–Crippen LogP) is 1.22. The number of nitrogens with two attached hydrogens (primary N) is 1. The summed E-state index contributed by atoms with van der Waals surface area (Å²) in [5.74, 6) is -1.18. The van der Waals surface area contributed by atoms with Crippen LogP contribution in [0.25, 0.3) is 0 Å². The van der Waals surface area contributed by atoms with Crippen molar-refractivity contribution in [2.45, 2.75) is 24.0 Å². The second-order valence-electron chi connectivity index (χ2n) is 3.35. The van der Waals surface area contributed by atoms with Gasteiger partial charge in [-0.05, 0) is 17.5 Å². The molecule has 1 heterocycles. The largest absolute Gasteiger partial charge is 0.477 e. The summed E-state index contributed by atoms with van der Waals surface area (Å²) in [4.78, 5) is 10.9. The number of primary sulfonamides is 1. The number of hydrogen-bond donors (Lipinski definition) is 2.